The molecule has 1 unspecified atom stereocenters. The van der Waals surface area contributed by atoms with Crippen LogP contribution in [0, 0.1) is 34.3 Å². The maximum atomic E-state index is 15.0. The number of ether oxygens (including phenoxy) is 2. The third-order valence-corrected chi connectivity index (χ3v) is 11.4. The normalized spacial score (nSPS) is 16.6. The molecule has 65 heavy (non-hydrogen) atoms. The van der Waals surface area contributed by atoms with E-state index in [1.807, 2.05) is 17.4 Å². The van der Waals surface area contributed by atoms with Gasteiger partial charge in [-0.2, -0.15) is 22.0 Å². The number of nitrogens with zero attached hydrogens (tertiary/aromatic N) is 3. The molecule has 2 amide bonds. The topological polar surface area (TPSA) is 164 Å². The number of benzene rings is 2. The summed E-state index contributed by atoms with van der Waals surface area (Å²) < 4.78 is 107. The molecule has 2 aromatic carbocycles. The summed E-state index contributed by atoms with van der Waals surface area (Å²) in [7, 11) is 0.913. The van der Waals surface area contributed by atoms with E-state index in [-0.39, 0.29) is 12.0 Å². The third-order valence-electron chi connectivity index (χ3n) is 11.4. The maximum absolute atomic E-state index is 15.0. The zero-order chi connectivity index (χ0) is 47.3. The molecule has 3 atom stereocenters. The van der Waals surface area contributed by atoms with Gasteiger partial charge in [0.05, 0.1) is 30.4 Å². The van der Waals surface area contributed by atoms with Crippen molar-refractivity contribution in [2.45, 2.75) is 76.6 Å². The Hall–Kier alpha value is -5.75. The molecule has 0 saturated carbocycles. The van der Waals surface area contributed by atoms with Crippen molar-refractivity contribution >= 4 is 23.5 Å². The van der Waals surface area contributed by atoms with Crippen molar-refractivity contribution in [3.63, 3.8) is 0 Å². The Morgan fingerprint density at radius 1 is 0.985 bits per heavy atom. The van der Waals surface area contributed by atoms with E-state index in [9.17, 15) is 36.6 Å². The number of hydrogen-bond acceptors (Lipinski definition) is 11. The lowest BCUT2D eigenvalue weighted by Gasteiger charge is -2.41. The van der Waals surface area contributed by atoms with Crippen LogP contribution in [0.3, 0.4) is 0 Å². The van der Waals surface area contributed by atoms with Crippen LogP contribution in [0.1, 0.15) is 54.5 Å². The molecular formula is C45H53F7N8O5. The molecule has 20 heteroatoms. The predicted octanol–water partition coefficient (Wildman–Crippen LogP) is 5.25. The van der Waals surface area contributed by atoms with Gasteiger partial charge in [-0.15, -0.1) is 0 Å². The molecule has 0 bridgehead atoms. The molecule has 13 nitrogen and oxygen atoms in total. The van der Waals surface area contributed by atoms with Crippen LogP contribution in [0.4, 0.5) is 41.3 Å². The standard InChI is InChI=1S/C45H53F7N8O5/c1-44(2,45(50,51)52)40(58-43(63)64-3)41(62)57-37(38(61)27-54-26-33-34(46)23-31(24-35(33)47)36(53)12-15-55-42(48)49)22-29-7-4-28(5-8-29)6-9-30-10-11-39(56-25-30)60-18-16-59(17-19-60)32-13-20-65-21-14-32/h4-5,7-8,10-12,15,23-25,32,37-38,40,42,53-55,61H,13-14,16-22,26-27H2,1-3H3,(H,57,62)(H,58,63)/b15-12-,53-36?/t37-,38-,40?/m0/s1. The van der Waals surface area contributed by atoms with Crippen molar-refractivity contribution in [2.24, 2.45) is 5.41 Å². The summed E-state index contributed by atoms with van der Waals surface area (Å²) in [5.41, 5.74) is -2.23. The third kappa shape index (κ3) is 14.1. The van der Waals surface area contributed by atoms with Gasteiger partial charge in [-0.25, -0.2) is 18.6 Å². The largest absolute Gasteiger partial charge is 0.453 e. The van der Waals surface area contributed by atoms with E-state index in [1.54, 1.807) is 35.8 Å². The molecule has 2 aliphatic heterocycles. The molecule has 3 aromatic rings. The highest BCUT2D eigenvalue weighted by Crippen LogP contribution is 2.40. The number of piperazine rings is 1. The highest BCUT2D eigenvalue weighted by Gasteiger charge is 2.56. The fourth-order valence-electron chi connectivity index (χ4n) is 7.31. The first-order valence-corrected chi connectivity index (χ1v) is 20.9. The van der Waals surface area contributed by atoms with Crippen molar-refractivity contribution in [1.29, 1.82) is 5.41 Å². The Bertz CT molecular complexity index is 2140. The molecule has 2 aliphatic rings. The molecule has 0 aliphatic carbocycles. The van der Waals surface area contributed by atoms with Crippen LogP contribution >= 0.6 is 0 Å². The zero-order valence-corrected chi connectivity index (χ0v) is 36.1. The van der Waals surface area contributed by atoms with E-state index in [2.05, 4.69) is 42.0 Å². The first-order valence-electron chi connectivity index (χ1n) is 20.9. The molecule has 0 spiro atoms. The van der Waals surface area contributed by atoms with E-state index in [4.69, 9.17) is 10.1 Å². The number of amides is 2. The van der Waals surface area contributed by atoms with Gasteiger partial charge in [0, 0.05) is 93.2 Å². The molecule has 5 rings (SSSR count). The van der Waals surface area contributed by atoms with Gasteiger partial charge in [0.1, 0.15) is 23.5 Å². The Morgan fingerprint density at radius 2 is 1.62 bits per heavy atom. The van der Waals surface area contributed by atoms with Crippen LogP contribution in [0.2, 0.25) is 0 Å². The number of alkyl carbamates (subject to hydrolysis) is 1. The Balaban J connectivity index is 1.27. The molecule has 352 valence electrons. The second-order valence-corrected chi connectivity index (χ2v) is 16.2. The summed E-state index contributed by atoms with van der Waals surface area (Å²) in [6, 6.07) is 9.15. The van der Waals surface area contributed by atoms with Crippen molar-refractivity contribution in [2.75, 3.05) is 57.9 Å². The summed E-state index contributed by atoms with van der Waals surface area (Å²) in [6.45, 7) is 2.82. The summed E-state index contributed by atoms with van der Waals surface area (Å²) >= 11 is 0. The van der Waals surface area contributed by atoms with Crippen molar-refractivity contribution in [3.8, 4) is 11.8 Å². The molecular weight excluding hydrogens is 866 g/mol. The number of aliphatic hydroxyl groups excluding tert-OH is 1. The van der Waals surface area contributed by atoms with Gasteiger partial charge in [-0.3, -0.25) is 9.69 Å². The van der Waals surface area contributed by atoms with Crippen LogP contribution in [-0.2, 0) is 27.2 Å². The summed E-state index contributed by atoms with van der Waals surface area (Å²) in [5.74, 6) is 3.53. The van der Waals surface area contributed by atoms with Crippen LogP contribution < -0.4 is 26.2 Å². The van der Waals surface area contributed by atoms with Gasteiger partial charge in [-0.1, -0.05) is 24.0 Å². The lowest BCUT2D eigenvalue weighted by atomic mass is 9.82. The summed E-state index contributed by atoms with van der Waals surface area (Å²) in [5, 5.41) is 27.9. The van der Waals surface area contributed by atoms with E-state index in [0.29, 0.717) is 36.6 Å². The van der Waals surface area contributed by atoms with Gasteiger partial charge in [0.15, 0.2) is 0 Å². The first kappa shape index (κ1) is 50.3. The lowest BCUT2D eigenvalue weighted by molar-refractivity contribution is -0.220. The molecule has 0 radical (unpaired) electrons. The van der Waals surface area contributed by atoms with E-state index in [0.717, 1.165) is 89.6 Å². The number of allylic oxidation sites excluding steroid dienone is 1. The van der Waals surface area contributed by atoms with Crippen molar-refractivity contribution in [3.05, 3.63) is 106 Å². The number of alkyl halides is 5. The number of anilines is 1. The number of aliphatic hydroxyl groups is 1. The highest BCUT2D eigenvalue weighted by molar-refractivity contribution is 6.06. The zero-order valence-electron chi connectivity index (χ0n) is 36.1. The number of pyridine rings is 1. The van der Waals surface area contributed by atoms with Crippen LogP contribution in [-0.4, -0.2) is 123 Å². The fraction of sp³-hybridized carbons (Fsp3) is 0.467. The van der Waals surface area contributed by atoms with Gasteiger partial charge < -0.3 is 46.2 Å². The van der Waals surface area contributed by atoms with Crippen LogP contribution in [0.25, 0.3) is 0 Å². The number of methoxy groups -OCH3 is 1. The number of halogens is 7. The average molecular weight is 919 g/mol. The van der Waals surface area contributed by atoms with Crippen LogP contribution in [0.15, 0.2) is 67.0 Å². The second kappa shape index (κ2) is 22.9. The van der Waals surface area contributed by atoms with E-state index >= 15 is 8.78 Å². The van der Waals surface area contributed by atoms with Gasteiger partial charge in [0.2, 0.25) is 5.91 Å². The minimum atomic E-state index is -4.98. The SMILES string of the molecule is COC(=O)NC(C(=O)N[C@@H](Cc1ccc(C#Cc2ccc(N3CCN(C4CCOCC4)CC3)nc2)cc1)[C@@H](O)CNCc1c(F)cc(C(=N)/C=C\NC(F)F)cc1F)C(C)(C)C(F)(F)F. The Morgan fingerprint density at radius 3 is 2.20 bits per heavy atom. The van der Waals surface area contributed by atoms with Crippen LogP contribution in [0.5, 0.6) is 0 Å². The minimum Gasteiger partial charge on any atom is -0.453 e. The van der Waals surface area contributed by atoms with Crippen molar-refractivity contribution < 1.29 is 54.9 Å². The van der Waals surface area contributed by atoms with Gasteiger partial charge in [-0.05, 0) is 81.1 Å². The van der Waals surface area contributed by atoms with E-state index in [1.165, 1.54) is 0 Å². The Kier molecular flexibility index (Phi) is 17.7. The molecule has 6 N–H and O–H groups in total. The second-order valence-electron chi connectivity index (χ2n) is 16.2. The fourth-order valence-corrected chi connectivity index (χ4v) is 7.31. The van der Waals surface area contributed by atoms with Gasteiger partial charge >= 0.3 is 18.8 Å². The predicted molar refractivity (Wildman–Crippen MR) is 228 cm³/mol. The summed E-state index contributed by atoms with van der Waals surface area (Å²) in [4.78, 5) is 35.1. The monoisotopic (exact) mass is 918 g/mol. The first-order chi connectivity index (χ1) is 30.9. The number of rotatable bonds is 17. The summed E-state index contributed by atoms with van der Waals surface area (Å²) in [6.07, 6.45) is -2.57. The number of aromatic nitrogens is 1. The maximum Gasteiger partial charge on any atom is 0.407 e. The molecule has 1 aromatic heterocycles. The van der Waals surface area contributed by atoms with E-state index < -0.39 is 84.3 Å². The smallest absolute Gasteiger partial charge is 0.407 e. The minimum absolute atomic E-state index is 0.151. The highest BCUT2D eigenvalue weighted by atomic mass is 19.4. The lowest BCUT2D eigenvalue weighted by Crippen LogP contribution is -2.62. The molecule has 2 saturated heterocycles. The number of hydrogen-bond donors (Lipinski definition) is 6. The average Bonchev–Trinajstić information content (AvgIpc) is 3.28. The number of carbonyl (C=O) groups excluding carboxylic acids is 2. The number of nitrogens with one attached hydrogen (secondary N) is 5. The van der Waals surface area contributed by atoms with Gasteiger partial charge in [0.25, 0.3) is 0 Å². The Labute approximate surface area is 372 Å². The molecule has 2 fully saturated rings. The number of carbonyl (C=O) groups is 2. The van der Waals surface area contributed by atoms with Crippen molar-refractivity contribution in [1.82, 2.24) is 31.2 Å². The molecule has 3 heterocycles. The quantitative estimate of drug-likeness (QED) is 0.0457.